The van der Waals surface area contributed by atoms with E-state index in [1.165, 1.54) is 13.3 Å². The number of hydrogen-bond acceptors (Lipinski definition) is 12. The highest BCUT2D eigenvalue weighted by Gasteiger charge is 2.64. The lowest BCUT2D eigenvalue weighted by atomic mass is 10.00. The van der Waals surface area contributed by atoms with Crippen LogP contribution in [-0.2, 0) is 39.4 Å². The van der Waals surface area contributed by atoms with Gasteiger partial charge in [-0.2, -0.15) is 10.1 Å². The van der Waals surface area contributed by atoms with Gasteiger partial charge in [0.2, 0.25) is 5.95 Å². The zero-order chi connectivity index (χ0) is 32.5. The number of nitrogens with zero attached hydrogens (tertiary/aromatic N) is 3. The molecular weight excluding hydrogens is 619 g/mol. The first kappa shape index (κ1) is 31.9. The van der Waals surface area contributed by atoms with Crippen LogP contribution < -0.4 is 20.9 Å². The van der Waals surface area contributed by atoms with Gasteiger partial charge in [-0.05, 0) is 38.5 Å². The zero-order valence-corrected chi connectivity index (χ0v) is 26.3. The highest BCUT2D eigenvalue weighted by Crippen LogP contribution is 2.52. The highest BCUT2D eigenvalue weighted by atomic mass is 31.2. The Morgan fingerprint density at radius 1 is 1.17 bits per heavy atom. The van der Waals surface area contributed by atoms with Crippen LogP contribution in [0.2, 0.25) is 0 Å². The quantitative estimate of drug-likeness (QED) is 0.141. The predicted octanol–water partition coefficient (Wildman–Crippen LogP) is 3.09. The van der Waals surface area contributed by atoms with E-state index >= 15 is 0 Å². The monoisotopic (exact) mass is 654 g/mol. The Morgan fingerprint density at radius 3 is 2.61 bits per heavy atom. The Kier molecular flexibility index (Phi) is 8.97. The number of fused-ring (bicyclic) bond motifs is 3. The molecule has 0 saturated carbocycles. The molecule has 16 heteroatoms. The number of hydrogen-bond donors (Lipinski definition) is 3. The largest absolute Gasteiger partial charge is 0.462 e. The Hall–Kier alpha value is -4.11. The molecule has 2 saturated heterocycles. The lowest BCUT2D eigenvalue weighted by Gasteiger charge is -2.33. The summed E-state index contributed by atoms with van der Waals surface area (Å²) in [6.07, 6.45) is -1.27. The van der Waals surface area contributed by atoms with Gasteiger partial charge in [0, 0.05) is 0 Å². The number of carbonyl (C=O) groups excluding carboxylic acids is 1. The van der Waals surface area contributed by atoms with Crippen LogP contribution in [0.15, 0.2) is 71.8 Å². The van der Waals surface area contributed by atoms with E-state index in [1.807, 2.05) is 30.3 Å². The molecule has 2 unspecified atom stereocenters. The average Bonchev–Trinajstić information content (AvgIpc) is 3.69. The van der Waals surface area contributed by atoms with Crippen LogP contribution >= 0.6 is 7.75 Å². The molecule has 4 aromatic rings. The second kappa shape index (κ2) is 12.9. The molecule has 244 valence electrons. The molecule has 2 fully saturated rings. The van der Waals surface area contributed by atoms with Crippen molar-refractivity contribution >= 4 is 30.8 Å². The lowest BCUT2D eigenvalue weighted by molar-refractivity contribution is -0.184. The summed E-state index contributed by atoms with van der Waals surface area (Å²) < 4.78 is 52.2. The Bertz CT molecular complexity index is 1790. The zero-order valence-electron chi connectivity index (χ0n) is 25.4. The van der Waals surface area contributed by atoms with Crippen LogP contribution in [0.25, 0.3) is 11.2 Å². The van der Waals surface area contributed by atoms with Gasteiger partial charge in [0.15, 0.2) is 17.4 Å². The SMILES string of the molecule is CC(C)OC(=O)C(C)NP(=O)(OC[C@@]12CO[C@@H]([C@H](n3cnc4c(=O)[nH]c(N)nc43)O1)[C@H]2OCc1ccccc1)Oc1ccccc1. The van der Waals surface area contributed by atoms with Crippen molar-refractivity contribution in [1.82, 2.24) is 24.6 Å². The number of esters is 1. The fourth-order valence-electron chi connectivity index (χ4n) is 5.38. The van der Waals surface area contributed by atoms with E-state index in [1.54, 1.807) is 48.7 Å². The molecule has 6 rings (SSSR count). The Labute approximate surface area is 263 Å². The van der Waals surface area contributed by atoms with E-state index in [0.29, 0.717) is 0 Å². The van der Waals surface area contributed by atoms with Crippen LogP contribution in [0.5, 0.6) is 5.75 Å². The summed E-state index contributed by atoms with van der Waals surface area (Å²) in [5.41, 5.74) is 5.20. The number of benzene rings is 2. The van der Waals surface area contributed by atoms with Crippen molar-refractivity contribution in [3.63, 3.8) is 0 Å². The smallest absolute Gasteiger partial charge is 0.459 e. The Balaban J connectivity index is 1.30. The third-order valence-corrected chi connectivity index (χ3v) is 9.10. The lowest BCUT2D eigenvalue weighted by Crippen LogP contribution is -2.47. The summed E-state index contributed by atoms with van der Waals surface area (Å²) in [6.45, 7) is 4.83. The van der Waals surface area contributed by atoms with Crippen LogP contribution in [0.3, 0.4) is 0 Å². The fraction of sp³-hybridized carbons (Fsp3) is 0.400. The van der Waals surface area contributed by atoms with Gasteiger partial charge >= 0.3 is 13.7 Å². The number of ether oxygens (including phenoxy) is 4. The van der Waals surface area contributed by atoms with Crippen LogP contribution in [0.4, 0.5) is 5.95 Å². The summed E-state index contributed by atoms with van der Waals surface area (Å²) in [4.78, 5) is 36.0. The van der Waals surface area contributed by atoms with Gasteiger partial charge < -0.3 is 29.2 Å². The van der Waals surface area contributed by atoms with Crippen molar-refractivity contribution in [2.75, 3.05) is 18.9 Å². The second-order valence-corrected chi connectivity index (χ2v) is 13.0. The number of para-hydroxylation sites is 1. The average molecular weight is 655 g/mol. The van der Waals surface area contributed by atoms with Crippen molar-refractivity contribution in [3.05, 3.63) is 82.9 Å². The van der Waals surface area contributed by atoms with Gasteiger partial charge in [-0.15, -0.1) is 0 Å². The summed E-state index contributed by atoms with van der Waals surface area (Å²) in [7, 11) is -4.26. The number of rotatable bonds is 13. The molecule has 4 N–H and O–H groups in total. The van der Waals surface area contributed by atoms with Crippen molar-refractivity contribution in [2.24, 2.45) is 0 Å². The molecule has 46 heavy (non-hydrogen) atoms. The molecule has 0 radical (unpaired) electrons. The van der Waals surface area contributed by atoms with Gasteiger partial charge in [0.25, 0.3) is 5.56 Å². The molecule has 15 nitrogen and oxygen atoms in total. The maximum absolute atomic E-state index is 14.3. The predicted molar refractivity (Wildman–Crippen MR) is 165 cm³/mol. The van der Waals surface area contributed by atoms with Crippen LogP contribution in [-0.4, -0.2) is 68.7 Å². The van der Waals surface area contributed by atoms with E-state index in [4.69, 9.17) is 33.7 Å². The highest BCUT2D eigenvalue weighted by molar-refractivity contribution is 7.52. The van der Waals surface area contributed by atoms with Crippen LogP contribution in [0.1, 0.15) is 32.6 Å². The van der Waals surface area contributed by atoms with Crippen molar-refractivity contribution in [1.29, 1.82) is 0 Å². The summed E-state index contributed by atoms with van der Waals surface area (Å²) >= 11 is 0. The van der Waals surface area contributed by atoms with E-state index < -0.39 is 49.4 Å². The maximum atomic E-state index is 14.3. The van der Waals surface area contributed by atoms with Crippen LogP contribution in [0, 0.1) is 0 Å². The number of aromatic nitrogens is 4. The third-order valence-electron chi connectivity index (χ3n) is 7.48. The van der Waals surface area contributed by atoms with Gasteiger partial charge in [-0.25, -0.2) is 9.55 Å². The molecule has 0 aliphatic carbocycles. The minimum Gasteiger partial charge on any atom is -0.462 e. The number of imidazole rings is 1. The fourth-order valence-corrected chi connectivity index (χ4v) is 6.93. The number of H-pyrrole nitrogens is 1. The first-order valence-electron chi connectivity index (χ1n) is 14.7. The minimum atomic E-state index is -4.26. The number of carbonyl (C=O) groups is 1. The molecule has 0 amide bonds. The Morgan fingerprint density at radius 2 is 1.89 bits per heavy atom. The molecule has 0 spiro atoms. The van der Waals surface area contributed by atoms with Crippen molar-refractivity contribution in [2.45, 2.75) is 63.6 Å². The minimum absolute atomic E-state index is 0.0205. The normalized spacial score (nSPS) is 24.2. The first-order valence-corrected chi connectivity index (χ1v) is 16.2. The maximum Gasteiger partial charge on any atom is 0.459 e. The summed E-state index contributed by atoms with van der Waals surface area (Å²) in [5, 5.41) is 2.70. The molecule has 2 aromatic carbocycles. The summed E-state index contributed by atoms with van der Waals surface area (Å²) in [5.74, 6) is -0.469. The van der Waals surface area contributed by atoms with Crippen molar-refractivity contribution in [3.8, 4) is 5.75 Å². The van der Waals surface area contributed by atoms with E-state index in [9.17, 15) is 14.2 Å². The van der Waals surface area contributed by atoms with Crippen molar-refractivity contribution < 1.29 is 37.4 Å². The number of nitrogens with two attached hydrogens (primary N) is 1. The molecule has 2 aliphatic heterocycles. The molecule has 2 aromatic heterocycles. The standard InChI is InChI=1S/C30H35N6O9P/c1-18(2)43-28(38)19(3)35-46(39,45-21-12-8-5-9-13-21)42-16-30-15-41-23(24(30)40-14-20-10-6-4-7-11-20)27(44-30)36-17-32-22-25(36)33-29(31)34-26(22)37/h4-13,17-19,23-24,27H,14-16H2,1-3H3,(H,35,39)(H3,31,33,34,37)/t19?,23-,24-,27-,30-,46?/m1/s1. The van der Waals surface area contributed by atoms with Gasteiger partial charge in [-0.1, -0.05) is 48.5 Å². The topological polar surface area (TPSA) is 191 Å². The number of nitrogens with one attached hydrogen (secondary N) is 2. The number of aromatic amines is 1. The molecule has 6 atom stereocenters. The van der Waals surface area contributed by atoms with Gasteiger partial charge in [0.1, 0.15) is 29.6 Å². The molecule has 2 aliphatic rings. The third kappa shape index (κ3) is 6.56. The first-order chi connectivity index (χ1) is 22.1. The molecule has 2 bridgehead atoms. The van der Waals surface area contributed by atoms with E-state index in [0.717, 1.165) is 5.56 Å². The van der Waals surface area contributed by atoms with E-state index in [-0.39, 0.29) is 48.8 Å². The van der Waals surface area contributed by atoms with E-state index in [2.05, 4.69) is 20.0 Å². The van der Waals surface area contributed by atoms with Gasteiger partial charge in [-0.3, -0.25) is 23.7 Å². The number of nitrogen functional groups attached to an aromatic ring is 1. The summed E-state index contributed by atoms with van der Waals surface area (Å²) in [6, 6.07) is 16.9. The van der Waals surface area contributed by atoms with Gasteiger partial charge in [0.05, 0.1) is 32.3 Å². The second-order valence-electron chi connectivity index (χ2n) is 11.4. The molecular formula is C30H35N6O9P. The number of anilines is 1. The molecule has 4 heterocycles.